The Hall–Kier alpha value is -2.37. The molecule has 0 bridgehead atoms. The van der Waals surface area contributed by atoms with Crippen molar-refractivity contribution in [3.05, 3.63) is 41.8 Å². The monoisotopic (exact) mass is 328 g/mol. The van der Waals surface area contributed by atoms with Gasteiger partial charge in [0.2, 0.25) is 5.91 Å². The first-order valence-electron chi connectivity index (χ1n) is 8.48. The van der Waals surface area contributed by atoms with Crippen molar-refractivity contribution in [2.24, 2.45) is 0 Å². The van der Waals surface area contributed by atoms with Gasteiger partial charge in [-0.3, -0.25) is 4.79 Å². The highest BCUT2D eigenvalue weighted by Crippen LogP contribution is 2.35. The van der Waals surface area contributed by atoms with Crippen LogP contribution < -0.4 is 4.90 Å². The van der Waals surface area contributed by atoms with Crippen LogP contribution in [-0.2, 0) is 4.79 Å². The Morgan fingerprint density at radius 3 is 2.75 bits per heavy atom. The molecule has 0 spiro atoms. The number of anilines is 1. The van der Waals surface area contributed by atoms with Crippen molar-refractivity contribution in [1.82, 2.24) is 15.0 Å². The molecule has 1 aromatic carbocycles. The summed E-state index contributed by atoms with van der Waals surface area (Å²) in [6.07, 6.45) is 2.60. The van der Waals surface area contributed by atoms with Gasteiger partial charge in [-0.25, -0.2) is 0 Å². The van der Waals surface area contributed by atoms with Crippen LogP contribution in [0.15, 0.2) is 34.9 Å². The summed E-state index contributed by atoms with van der Waals surface area (Å²) in [5.74, 6) is 1.10. The van der Waals surface area contributed by atoms with E-state index < -0.39 is 0 Å². The molecular weight excluding hydrogens is 304 g/mol. The largest absolute Gasteiger partial charge is 0.344 e. The number of rotatable bonds is 5. The van der Waals surface area contributed by atoms with Gasteiger partial charge in [-0.05, 0) is 30.0 Å². The third-order valence-corrected chi connectivity index (χ3v) is 4.56. The third-order valence-electron chi connectivity index (χ3n) is 4.56. The summed E-state index contributed by atoms with van der Waals surface area (Å²) >= 11 is 0. The molecule has 2 aromatic rings. The van der Waals surface area contributed by atoms with Crippen LogP contribution in [0, 0.1) is 0 Å². The Morgan fingerprint density at radius 1 is 1.38 bits per heavy atom. The number of aromatic nitrogens is 2. The molecule has 1 aromatic heterocycles. The fourth-order valence-corrected chi connectivity index (χ4v) is 3.27. The first kappa shape index (κ1) is 16.5. The lowest BCUT2D eigenvalue weighted by Gasteiger charge is -2.26. The highest BCUT2D eigenvalue weighted by molar-refractivity contribution is 5.84. The number of hydrogen-bond acceptors (Lipinski definition) is 5. The van der Waals surface area contributed by atoms with Crippen molar-refractivity contribution in [3.63, 3.8) is 0 Å². The highest BCUT2D eigenvalue weighted by Gasteiger charge is 2.37. The topological polar surface area (TPSA) is 62.5 Å². The van der Waals surface area contributed by atoms with Crippen molar-refractivity contribution in [2.75, 3.05) is 25.5 Å². The molecular formula is C18H24N4O2. The smallest absolute Gasteiger partial charge is 0.265 e. The number of benzene rings is 1. The fourth-order valence-electron chi connectivity index (χ4n) is 3.27. The molecule has 1 fully saturated rings. The zero-order chi connectivity index (χ0) is 17.1. The van der Waals surface area contributed by atoms with Crippen LogP contribution >= 0.6 is 0 Å². The van der Waals surface area contributed by atoms with Gasteiger partial charge in [0.1, 0.15) is 6.04 Å². The average molecular weight is 328 g/mol. The second-order valence-corrected chi connectivity index (χ2v) is 6.39. The highest BCUT2D eigenvalue weighted by atomic mass is 16.5. The van der Waals surface area contributed by atoms with Crippen molar-refractivity contribution >= 4 is 11.9 Å². The lowest BCUT2D eigenvalue weighted by atomic mass is 9.94. The maximum absolute atomic E-state index is 13.1. The van der Waals surface area contributed by atoms with Gasteiger partial charge in [0, 0.05) is 20.6 Å². The van der Waals surface area contributed by atoms with Gasteiger partial charge in [-0.1, -0.05) is 37.3 Å². The van der Waals surface area contributed by atoms with Crippen molar-refractivity contribution < 1.29 is 9.32 Å². The zero-order valence-corrected chi connectivity index (χ0v) is 14.5. The summed E-state index contributed by atoms with van der Waals surface area (Å²) in [6, 6.07) is 9.86. The van der Waals surface area contributed by atoms with E-state index in [4.69, 9.17) is 4.52 Å². The van der Waals surface area contributed by atoms with Crippen LogP contribution in [0.4, 0.5) is 5.95 Å². The molecule has 1 aliphatic rings. The van der Waals surface area contributed by atoms with E-state index in [1.165, 1.54) is 0 Å². The van der Waals surface area contributed by atoms with Gasteiger partial charge in [0.05, 0.1) is 5.92 Å². The molecule has 0 saturated carbocycles. The van der Waals surface area contributed by atoms with E-state index in [0.717, 1.165) is 31.4 Å². The van der Waals surface area contributed by atoms with Gasteiger partial charge in [-0.15, -0.1) is 0 Å². The van der Waals surface area contributed by atoms with E-state index in [2.05, 4.69) is 17.1 Å². The molecule has 0 N–H and O–H groups in total. The molecule has 3 rings (SSSR count). The molecule has 128 valence electrons. The molecule has 6 heteroatoms. The summed E-state index contributed by atoms with van der Waals surface area (Å²) in [4.78, 5) is 21.3. The zero-order valence-electron chi connectivity index (χ0n) is 14.5. The molecule has 24 heavy (non-hydrogen) atoms. The van der Waals surface area contributed by atoms with Gasteiger partial charge < -0.3 is 14.3 Å². The third kappa shape index (κ3) is 3.13. The molecule has 2 heterocycles. The fraction of sp³-hybridized carbons (Fsp3) is 0.500. The maximum Gasteiger partial charge on any atom is 0.265 e. The first-order chi connectivity index (χ1) is 11.6. The summed E-state index contributed by atoms with van der Waals surface area (Å²) in [5, 5.41) is 3.98. The predicted molar refractivity (Wildman–Crippen MR) is 91.8 cm³/mol. The minimum absolute atomic E-state index is 0.114. The van der Waals surface area contributed by atoms with E-state index in [0.29, 0.717) is 11.8 Å². The average Bonchev–Trinajstić information content (AvgIpc) is 3.25. The van der Waals surface area contributed by atoms with Crippen LogP contribution in [0.25, 0.3) is 0 Å². The van der Waals surface area contributed by atoms with E-state index in [9.17, 15) is 4.79 Å². The standard InChI is InChI=1S/C18H24N4O2/c1-4-14(13-9-6-5-7-10-13)17(23)22-12-8-11-15(22)16-19-18(20-24-16)21(2)3/h5-7,9-10,14-15H,4,8,11-12H2,1-3H3/t14-,15+/m0/s1. The Bertz CT molecular complexity index is 683. The second-order valence-electron chi connectivity index (χ2n) is 6.39. The number of hydrogen-bond donors (Lipinski definition) is 0. The Balaban J connectivity index is 1.82. The number of nitrogens with zero attached hydrogens (tertiary/aromatic N) is 4. The maximum atomic E-state index is 13.1. The molecule has 1 amide bonds. The molecule has 1 aliphatic heterocycles. The predicted octanol–water partition coefficient (Wildman–Crippen LogP) is 2.99. The molecule has 2 atom stereocenters. The number of carbonyl (C=O) groups is 1. The summed E-state index contributed by atoms with van der Waals surface area (Å²) in [6.45, 7) is 2.80. The molecule has 6 nitrogen and oxygen atoms in total. The number of amides is 1. The lowest BCUT2D eigenvalue weighted by Crippen LogP contribution is -2.34. The summed E-state index contributed by atoms with van der Waals surface area (Å²) in [7, 11) is 3.74. The van der Waals surface area contributed by atoms with Crippen LogP contribution in [0.2, 0.25) is 0 Å². The van der Waals surface area contributed by atoms with Gasteiger partial charge in [-0.2, -0.15) is 4.98 Å². The number of carbonyl (C=O) groups excluding carboxylic acids is 1. The van der Waals surface area contributed by atoms with Crippen LogP contribution in [0.1, 0.15) is 49.6 Å². The first-order valence-corrected chi connectivity index (χ1v) is 8.48. The van der Waals surface area contributed by atoms with Crippen molar-refractivity contribution in [3.8, 4) is 0 Å². The van der Waals surface area contributed by atoms with Gasteiger partial charge >= 0.3 is 0 Å². The Morgan fingerprint density at radius 2 is 2.12 bits per heavy atom. The SMILES string of the molecule is CC[C@H](C(=O)N1CCC[C@@H]1c1nc(N(C)C)no1)c1ccccc1. The van der Waals surface area contributed by atoms with E-state index in [1.54, 1.807) is 4.90 Å². The summed E-state index contributed by atoms with van der Waals surface area (Å²) < 4.78 is 5.41. The normalized spacial score (nSPS) is 18.6. The lowest BCUT2D eigenvalue weighted by molar-refractivity contribution is -0.134. The molecule has 0 aliphatic carbocycles. The van der Waals surface area contributed by atoms with Gasteiger partial charge in [0.25, 0.3) is 11.8 Å². The quantitative estimate of drug-likeness (QED) is 0.844. The second kappa shape index (κ2) is 7.03. The van der Waals surface area contributed by atoms with Crippen LogP contribution in [0.3, 0.4) is 0 Å². The summed E-state index contributed by atoms with van der Waals surface area (Å²) in [5.41, 5.74) is 1.06. The minimum atomic E-state index is -0.122. The van der Waals surface area contributed by atoms with Crippen LogP contribution in [0.5, 0.6) is 0 Å². The molecule has 1 saturated heterocycles. The Kier molecular flexibility index (Phi) is 4.83. The number of likely N-dealkylation sites (tertiary alicyclic amines) is 1. The van der Waals surface area contributed by atoms with E-state index in [1.807, 2.05) is 49.3 Å². The van der Waals surface area contributed by atoms with Crippen LogP contribution in [-0.4, -0.2) is 41.6 Å². The van der Waals surface area contributed by atoms with E-state index in [-0.39, 0.29) is 17.9 Å². The molecule has 0 radical (unpaired) electrons. The van der Waals surface area contributed by atoms with E-state index >= 15 is 0 Å². The minimum Gasteiger partial charge on any atom is -0.344 e. The van der Waals surface area contributed by atoms with Gasteiger partial charge in [0.15, 0.2) is 0 Å². The Labute approximate surface area is 142 Å². The van der Waals surface area contributed by atoms with Crippen molar-refractivity contribution in [1.29, 1.82) is 0 Å². The molecule has 0 unspecified atom stereocenters. The van der Waals surface area contributed by atoms with Crippen molar-refractivity contribution in [2.45, 2.75) is 38.1 Å².